The number of ether oxygens (including phenoxy) is 1. The van der Waals surface area contributed by atoms with Gasteiger partial charge in [0.15, 0.2) is 0 Å². The van der Waals surface area contributed by atoms with E-state index in [0.717, 1.165) is 6.42 Å². The van der Waals surface area contributed by atoms with Crippen LogP contribution in [0.2, 0.25) is 0 Å². The lowest BCUT2D eigenvalue weighted by Gasteiger charge is -2.28. The summed E-state index contributed by atoms with van der Waals surface area (Å²) in [5.41, 5.74) is 0.0663. The van der Waals surface area contributed by atoms with Gasteiger partial charge in [-0.15, -0.1) is 6.58 Å². The van der Waals surface area contributed by atoms with Crippen molar-refractivity contribution < 1.29 is 24.5 Å². The molecule has 0 saturated carbocycles. The highest BCUT2D eigenvalue weighted by molar-refractivity contribution is 5.96. The molecule has 112 valence electrons. The Balaban J connectivity index is 2.13. The minimum absolute atomic E-state index is 0.248. The quantitative estimate of drug-likeness (QED) is 0.582. The zero-order valence-electron chi connectivity index (χ0n) is 11.4. The second-order valence-corrected chi connectivity index (χ2v) is 4.85. The molecular formula is C15H17NO5. The summed E-state index contributed by atoms with van der Waals surface area (Å²) in [7, 11) is 0. The van der Waals surface area contributed by atoms with Gasteiger partial charge < -0.3 is 20.3 Å². The van der Waals surface area contributed by atoms with E-state index in [0.29, 0.717) is 18.7 Å². The van der Waals surface area contributed by atoms with Crippen LogP contribution in [0.4, 0.5) is 5.69 Å². The van der Waals surface area contributed by atoms with Crippen LogP contribution in [-0.4, -0.2) is 34.8 Å². The summed E-state index contributed by atoms with van der Waals surface area (Å²) < 4.78 is 5.47. The Hall–Kier alpha value is -2.34. The minimum atomic E-state index is -1.26. The first kappa shape index (κ1) is 15.1. The molecule has 0 spiro atoms. The SMILES string of the molecule is C=C[C@@H]1OCCC[C@H]1C(=O)Nc1ccc(O)c(C(=O)O)c1. The summed E-state index contributed by atoms with van der Waals surface area (Å²) in [6, 6.07) is 3.91. The number of anilines is 1. The third kappa shape index (κ3) is 3.41. The second kappa shape index (κ2) is 6.41. The first-order chi connectivity index (χ1) is 10.0. The van der Waals surface area contributed by atoms with Gasteiger partial charge in [0.05, 0.1) is 12.0 Å². The van der Waals surface area contributed by atoms with Gasteiger partial charge in [0.2, 0.25) is 5.91 Å². The van der Waals surface area contributed by atoms with E-state index in [4.69, 9.17) is 9.84 Å². The Kier molecular flexibility index (Phi) is 4.59. The van der Waals surface area contributed by atoms with Crippen LogP contribution in [0.5, 0.6) is 5.75 Å². The van der Waals surface area contributed by atoms with Crippen LogP contribution in [0.1, 0.15) is 23.2 Å². The molecule has 1 heterocycles. The van der Waals surface area contributed by atoms with Crippen molar-refractivity contribution in [3.63, 3.8) is 0 Å². The van der Waals surface area contributed by atoms with Gasteiger partial charge in [-0.3, -0.25) is 4.79 Å². The van der Waals surface area contributed by atoms with E-state index in [9.17, 15) is 14.7 Å². The van der Waals surface area contributed by atoms with Gasteiger partial charge in [0.1, 0.15) is 11.3 Å². The van der Waals surface area contributed by atoms with E-state index >= 15 is 0 Å². The Morgan fingerprint density at radius 1 is 1.43 bits per heavy atom. The number of carboxylic acids is 1. The number of rotatable bonds is 4. The average molecular weight is 291 g/mol. The molecule has 1 aliphatic rings. The predicted molar refractivity (Wildman–Crippen MR) is 76.4 cm³/mol. The molecule has 0 radical (unpaired) electrons. The van der Waals surface area contributed by atoms with Crippen molar-refractivity contribution >= 4 is 17.6 Å². The van der Waals surface area contributed by atoms with Crippen LogP contribution >= 0.6 is 0 Å². The van der Waals surface area contributed by atoms with Crippen molar-refractivity contribution in [2.45, 2.75) is 18.9 Å². The highest BCUT2D eigenvalue weighted by Gasteiger charge is 2.30. The number of benzene rings is 1. The Labute approximate surface area is 122 Å². The Bertz CT molecular complexity index is 569. The van der Waals surface area contributed by atoms with E-state index in [-0.39, 0.29) is 29.2 Å². The normalized spacial score (nSPS) is 21.5. The van der Waals surface area contributed by atoms with Crippen molar-refractivity contribution in [2.75, 3.05) is 11.9 Å². The third-order valence-electron chi connectivity index (χ3n) is 3.43. The zero-order valence-corrected chi connectivity index (χ0v) is 11.4. The molecule has 1 amide bonds. The van der Waals surface area contributed by atoms with Crippen molar-refractivity contribution in [2.24, 2.45) is 5.92 Å². The summed E-state index contributed by atoms with van der Waals surface area (Å²) in [6.07, 6.45) is 2.74. The number of carboxylic acid groups (broad SMARTS) is 1. The standard InChI is InChI=1S/C15H17NO5/c1-2-13-10(4-3-7-21-13)14(18)16-9-5-6-12(17)11(8-9)15(19)20/h2,5-6,8,10,13,17H,1,3-4,7H2,(H,16,18)(H,19,20)/t10-,13+/m1/s1. The van der Waals surface area contributed by atoms with E-state index in [1.165, 1.54) is 18.2 Å². The fraction of sp³-hybridized carbons (Fsp3) is 0.333. The summed E-state index contributed by atoms with van der Waals surface area (Å²) in [5.74, 6) is -2.20. The molecule has 2 rings (SSSR count). The topological polar surface area (TPSA) is 95.9 Å². The number of nitrogens with one attached hydrogen (secondary N) is 1. The number of phenols is 1. The maximum Gasteiger partial charge on any atom is 0.339 e. The summed E-state index contributed by atoms with van der Waals surface area (Å²) in [4.78, 5) is 23.2. The zero-order chi connectivity index (χ0) is 15.4. The number of hydrogen-bond acceptors (Lipinski definition) is 4. The van der Waals surface area contributed by atoms with Gasteiger partial charge in [0.25, 0.3) is 0 Å². The van der Waals surface area contributed by atoms with Crippen molar-refractivity contribution in [3.8, 4) is 5.75 Å². The summed E-state index contributed by atoms with van der Waals surface area (Å²) in [6.45, 7) is 4.26. The number of aromatic hydroxyl groups is 1. The van der Waals surface area contributed by atoms with Crippen LogP contribution in [0.25, 0.3) is 0 Å². The van der Waals surface area contributed by atoms with Gasteiger partial charge in [-0.1, -0.05) is 6.08 Å². The lowest BCUT2D eigenvalue weighted by molar-refractivity contribution is -0.126. The lowest BCUT2D eigenvalue weighted by Crippen LogP contribution is -2.37. The Morgan fingerprint density at radius 3 is 2.86 bits per heavy atom. The van der Waals surface area contributed by atoms with Gasteiger partial charge in [-0.25, -0.2) is 4.79 Å². The summed E-state index contributed by atoms with van der Waals surface area (Å²) >= 11 is 0. The van der Waals surface area contributed by atoms with Crippen molar-refractivity contribution in [3.05, 3.63) is 36.4 Å². The molecule has 6 heteroatoms. The van der Waals surface area contributed by atoms with Crippen LogP contribution in [0, 0.1) is 5.92 Å². The molecule has 0 unspecified atom stereocenters. The molecule has 0 aromatic heterocycles. The lowest BCUT2D eigenvalue weighted by atomic mass is 9.93. The highest BCUT2D eigenvalue weighted by Crippen LogP contribution is 2.25. The molecule has 6 nitrogen and oxygen atoms in total. The molecule has 2 atom stereocenters. The van der Waals surface area contributed by atoms with Crippen LogP contribution < -0.4 is 5.32 Å². The fourth-order valence-corrected chi connectivity index (χ4v) is 2.34. The highest BCUT2D eigenvalue weighted by atomic mass is 16.5. The van der Waals surface area contributed by atoms with Crippen LogP contribution in [0.15, 0.2) is 30.9 Å². The predicted octanol–water partition coefficient (Wildman–Crippen LogP) is 2.01. The van der Waals surface area contributed by atoms with Crippen LogP contribution in [-0.2, 0) is 9.53 Å². The van der Waals surface area contributed by atoms with Gasteiger partial charge >= 0.3 is 5.97 Å². The molecule has 0 bridgehead atoms. The Morgan fingerprint density at radius 2 is 2.19 bits per heavy atom. The molecule has 1 fully saturated rings. The van der Waals surface area contributed by atoms with Gasteiger partial charge in [-0.2, -0.15) is 0 Å². The number of aromatic carboxylic acids is 1. The fourth-order valence-electron chi connectivity index (χ4n) is 2.34. The summed E-state index contributed by atoms with van der Waals surface area (Å²) in [5, 5.41) is 21.0. The first-order valence-electron chi connectivity index (χ1n) is 6.64. The molecule has 1 saturated heterocycles. The molecule has 0 aliphatic carbocycles. The second-order valence-electron chi connectivity index (χ2n) is 4.85. The average Bonchev–Trinajstić information content (AvgIpc) is 2.48. The number of carbonyl (C=O) groups is 2. The van der Waals surface area contributed by atoms with Gasteiger partial charge in [0, 0.05) is 12.3 Å². The maximum atomic E-state index is 12.3. The van der Waals surface area contributed by atoms with E-state index in [1.807, 2.05) is 0 Å². The van der Waals surface area contributed by atoms with E-state index in [2.05, 4.69) is 11.9 Å². The molecule has 1 aromatic carbocycles. The molecule has 1 aromatic rings. The van der Waals surface area contributed by atoms with Crippen LogP contribution in [0.3, 0.4) is 0 Å². The monoisotopic (exact) mass is 291 g/mol. The maximum absolute atomic E-state index is 12.3. The third-order valence-corrected chi connectivity index (χ3v) is 3.43. The molecule has 1 aliphatic heterocycles. The van der Waals surface area contributed by atoms with E-state index < -0.39 is 5.97 Å². The number of hydrogen-bond donors (Lipinski definition) is 3. The molecular weight excluding hydrogens is 274 g/mol. The minimum Gasteiger partial charge on any atom is -0.507 e. The number of amides is 1. The first-order valence-corrected chi connectivity index (χ1v) is 6.64. The van der Waals surface area contributed by atoms with Gasteiger partial charge in [-0.05, 0) is 31.0 Å². The number of carbonyl (C=O) groups excluding carboxylic acids is 1. The van der Waals surface area contributed by atoms with E-state index in [1.54, 1.807) is 6.08 Å². The molecule has 21 heavy (non-hydrogen) atoms. The van der Waals surface area contributed by atoms with Crippen molar-refractivity contribution in [1.29, 1.82) is 0 Å². The largest absolute Gasteiger partial charge is 0.507 e. The molecule has 3 N–H and O–H groups in total. The smallest absolute Gasteiger partial charge is 0.339 e. The van der Waals surface area contributed by atoms with Crippen molar-refractivity contribution in [1.82, 2.24) is 0 Å².